The molecule has 1 aliphatic rings. The molecule has 0 aliphatic carbocycles. The molecule has 2 rings (SSSR count). The maximum atomic E-state index is 12.6. The number of carboxylic acid groups (broad SMARTS) is 1. The first-order chi connectivity index (χ1) is 10.0. The summed E-state index contributed by atoms with van der Waals surface area (Å²) in [6.07, 6.45) is -2.38. The number of hydrogen-bond acceptors (Lipinski definition) is 3. The number of halogens is 3. The molecule has 5 nitrogen and oxygen atoms in total. The summed E-state index contributed by atoms with van der Waals surface area (Å²) in [6.45, 7) is 3.59. The molecule has 22 heavy (non-hydrogen) atoms. The third-order valence-electron chi connectivity index (χ3n) is 3.29. The molecule has 0 radical (unpaired) electrons. The van der Waals surface area contributed by atoms with Gasteiger partial charge >= 0.3 is 12.1 Å². The molecule has 0 amide bonds. The lowest BCUT2D eigenvalue weighted by molar-refractivity contribution is -0.138. The smallest absolute Gasteiger partial charge is 0.417 e. The van der Waals surface area contributed by atoms with E-state index < -0.39 is 17.7 Å². The number of quaternary nitrogens is 1. The van der Waals surface area contributed by atoms with Crippen LogP contribution in [0.25, 0.3) is 0 Å². The Morgan fingerprint density at radius 2 is 1.95 bits per heavy atom. The minimum atomic E-state index is -4.47. The van der Waals surface area contributed by atoms with Crippen LogP contribution in [0.2, 0.25) is 0 Å². The van der Waals surface area contributed by atoms with Crippen molar-refractivity contribution in [1.82, 2.24) is 9.58 Å². The fourth-order valence-corrected chi connectivity index (χ4v) is 2.15. The van der Waals surface area contributed by atoms with Gasteiger partial charge in [0.15, 0.2) is 0 Å². The number of carbonyl (C=O) groups is 1. The van der Waals surface area contributed by atoms with E-state index in [1.54, 1.807) is 20.9 Å². The summed E-state index contributed by atoms with van der Waals surface area (Å²) >= 11 is 0. The van der Waals surface area contributed by atoms with Crippen LogP contribution in [0.15, 0.2) is 35.2 Å². The zero-order valence-corrected chi connectivity index (χ0v) is 12.2. The lowest BCUT2D eigenvalue weighted by atomic mass is 10.0. The second-order valence-electron chi connectivity index (χ2n) is 5.42. The van der Waals surface area contributed by atoms with Gasteiger partial charge in [0.2, 0.25) is 0 Å². The average molecular weight is 314 g/mol. The zero-order valence-electron chi connectivity index (χ0n) is 12.2. The van der Waals surface area contributed by atoms with Crippen molar-refractivity contribution >= 4 is 17.5 Å². The molecule has 1 aromatic rings. The Morgan fingerprint density at radius 1 is 1.32 bits per heavy atom. The van der Waals surface area contributed by atoms with Crippen molar-refractivity contribution < 1.29 is 23.1 Å². The summed E-state index contributed by atoms with van der Waals surface area (Å²) in [5.41, 5.74) is -0.437. The third-order valence-corrected chi connectivity index (χ3v) is 3.29. The number of aliphatic carboxylic acids is 1. The molecule has 1 aromatic heterocycles. The molecule has 0 saturated heterocycles. The number of alkyl halides is 3. The maximum absolute atomic E-state index is 12.6. The van der Waals surface area contributed by atoms with Gasteiger partial charge in [-0.1, -0.05) is 18.9 Å². The lowest BCUT2D eigenvalue weighted by Gasteiger charge is -2.19. The van der Waals surface area contributed by atoms with Crippen molar-refractivity contribution in [3.8, 4) is 0 Å². The SMILES string of the molecule is CC(C)C1=N[N+](C)(c2ccc(C(F)(F)F)cn2)C=C1C(=O)O. The van der Waals surface area contributed by atoms with Crippen molar-refractivity contribution in [2.75, 3.05) is 7.05 Å². The van der Waals surface area contributed by atoms with E-state index in [0.29, 0.717) is 5.71 Å². The predicted molar refractivity (Wildman–Crippen MR) is 74.9 cm³/mol. The van der Waals surface area contributed by atoms with Gasteiger partial charge in [0, 0.05) is 18.2 Å². The summed E-state index contributed by atoms with van der Waals surface area (Å²) in [4.78, 5) is 15.1. The van der Waals surface area contributed by atoms with Gasteiger partial charge in [-0.15, -0.1) is 4.59 Å². The highest BCUT2D eigenvalue weighted by Crippen LogP contribution is 2.33. The maximum Gasteiger partial charge on any atom is 0.417 e. The molecular formula is C14H15F3N3O2+. The number of hydrogen-bond donors (Lipinski definition) is 1. The van der Waals surface area contributed by atoms with E-state index in [1.807, 2.05) is 0 Å². The van der Waals surface area contributed by atoms with Crippen LogP contribution in [0.4, 0.5) is 19.0 Å². The number of rotatable bonds is 3. The Hall–Kier alpha value is -2.22. The van der Waals surface area contributed by atoms with E-state index in [-0.39, 0.29) is 21.9 Å². The van der Waals surface area contributed by atoms with Gasteiger partial charge in [0.1, 0.15) is 24.5 Å². The van der Waals surface area contributed by atoms with Gasteiger partial charge < -0.3 is 5.11 Å². The molecule has 1 N–H and O–H groups in total. The molecular weight excluding hydrogens is 299 g/mol. The van der Waals surface area contributed by atoms with Crippen molar-refractivity contribution in [3.63, 3.8) is 0 Å². The van der Waals surface area contributed by atoms with Crippen LogP contribution < -0.4 is 4.59 Å². The minimum absolute atomic E-state index is 0.0409. The second-order valence-corrected chi connectivity index (χ2v) is 5.42. The van der Waals surface area contributed by atoms with Gasteiger partial charge in [-0.25, -0.2) is 9.78 Å². The van der Waals surface area contributed by atoms with E-state index in [9.17, 15) is 23.1 Å². The summed E-state index contributed by atoms with van der Waals surface area (Å²) in [5, 5.41) is 13.6. The fourth-order valence-electron chi connectivity index (χ4n) is 2.15. The number of aromatic nitrogens is 1. The van der Waals surface area contributed by atoms with Gasteiger partial charge in [-0.3, -0.25) is 0 Å². The predicted octanol–water partition coefficient (Wildman–Crippen LogP) is 3.03. The van der Waals surface area contributed by atoms with Crippen LogP contribution in [-0.2, 0) is 11.0 Å². The van der Waals surface area contributed by atoms with Gasteiger partial charge in [-0.05, 0) is 6.07 Å². The number of carboxylic acids is 1. The standard InChI is InChI=1S/C14H14F3N3O2/c1-8(2)12-10(13(21)22)7-20(3,19-12)11-5-4-9(6-18-11)14(15,16)17/h4-8H,1-3H3/p+1. The summed E-state index contributed by atoms with van der Waals surface area (Å²) in [7, 11) is 1.56. The second kappa shape index (κ2) is 5.20. The van der Waals surface area contributed by atoms with E-state index in [1.165, 1.54) is 12.3 Å². The normalized spacial score (nSPS) is 21.8. The Morgan fingerprint density at radius 3 is 2.32 bits per heavy atom. The Balaban J connectivity index is 2.46. The van der Waals surface area contributed by atoms with Crippen LogP contribution >= 0.6 is 0 Å². The Bertz CT molecular complexity index is 663. The van der Waals surface area contributed by atoms with Crippen molar-refractivity contribution in [2.45, 2.75) is 20.0 Å². The molecule has 0 spiro atoms. The van der Waals surface area contributed by atoms with Gasteiger partial charge in [0.05, 0.1) is 5.56 Å². The number of pyridine rings is 1. The Labute approximate surface area is 125 Å². The van der Waals surface area contributed by atoms with E-state index in [4.69, 9.17) is 0 Å². The summed E-state index contributed by atoms with van der Waals surface area (Å²) < 4.78 is 37.4. The average Bonchev–Trinajstić information content (AvgIpc) is 2.78. The van der Waals surface area contributed by atoms with E-state index in [0.717, 1.165) is 12.3 Å². The zero-order chi connectivity index (χ0) is 16.7. The third kappa shape index (κ3) is 2.87. The molecule has 8 heteroatoms. The molecule has 0 bridgehead atoms. The van der Waals surface area contributed by atoms with E-state index in [2.05, 4.69) is 10.1 Å². The van der Waals surface area contributed by atoms with Crippen molar-refractivity contribution in [2.24, 2.45) is 11.0 Å². The molecule has 1 aliphatic heterocycles. The first-order valence-electron chi connectivity index (χ1n) is 6.51. The lowest BCUT2D eigenvalue weighted by Crippen LogP contribution is -2.32. The van der Waals surface area contributed by atoms with Crippen LogP contribution in [0, 0.1) is 5.92 Å². The largest absolute Gasteiger partial charge is 0.477 e. The highest BCUT2D eigenvalue weighted by Gasteiger charge is 2.39. The molecule has 118 valence electrons. The van der Waals surface area contributed by atoms with Crippen molar-refractivity contribution in [1.29, 1.82) is 0 Å². The molecule has 2 heterocycles. The first-order valence-corrected chi connectivity index (χ1v) is 6.51. The molecule has 0 fully saturated rings. The van der Waals surface area contributed by atoms with Gasteiger partial charge in [0.25, 0.3) is 5.82 Å². The van der Waals surface area contributed by atoms with Crippen LogP contribution in [0.3, 0.4) is 0 Å². The van der Waals surface area contributed by atoms with Crippen LogP contribution in [0.1, 0.15) is 19.4 Å². The van der Waals surface area contributed by atoms with E-state index >= 15 is 0 Å². The quantitative estimate of drug-likeness (QED) is 0.872. The highest BCUT2D eigenvalue weighted by molar-refractivity contribution is 6.21. The highest BCUT2D eigenvalue weighted by atomic mass is 19.4. The molecule has 0 aromatic carbocycles. The van der Waals surface area contributed by atoms with Crippen molar-refractivity contribution in [3.05, 3.63) is 35.7 Å². The monoisotopic (exact) mass is 314 g/mol. The van der Waals surface area contributed by atoms with Crippen LogP contribution in [0.5, 0.6) is 0 Å². The summed E-state index contributed by atoms with van der Waals surface area (Å²) in [5.74, 6) is -1.04. The first kappa shape index (κ1) is 16.2. The van der Waals surface area contributed by atoms with Gasteiger partial charge in [-0.2, -0.15) is 13.2 Å². The fraction of sp³-hybridized carbons (Fsp3) is 0.357. The summed E-state index contributed by atoms with van der Waals surface area (Å²) in [6, 6.07) is 2.11. The Kier molecular flexibility index (Phi) is 3.82. The van der Waals surface area contributed by atoms with Crippen LogP contribution in [-0.4, -0.2) is 28.8 Å². The molecule has 0 saturated carbocycles. The topological polar surface area (TPSA) is 62.5 Å². The minimum Gasteiger partial charge on any atom is -0.477 e. The number of nitrogens with zero attached hydrogens (tertiary/aromatic N) is 3. The molecule has 1 unspecified atom stereocenters. The molecule has 1 atom stereocenters.